The van der Waals surface area contributed by atoms with Crippen LogP contribution in [0.15, 0.2) is 46.8 Å². The minimum absolute atomic E-state index is 0. The summed E-state index contributed by atoms with van der Waals surface area (Å²) in [5.74, 6) is 0.984. The van der Waals surface area contributed by atoms with Crippen LogP contribution in [0.25, 0.3) is 0 Å². The molecule has 3 rings (SSSR count). The molecule has 0 unspecified atom stereocenters. The van der Waals surface area contributed by atoms with Gasteiger partial charge in [-0.25, -0.2) is 8.42 Å². The third kappa shape index (κ3) is 6.63. The lowest BCUT2D eigenvalue weighted by atomic mass is 10.1. The lowest BCUT2D eigenvalue weighted by Crippen LogP contribution is -2.52. The van der Waals surface area contributed by atoms with E-state index in [2.05, 4.69) is 37.6 Å². The average molecular weight is 534 g/mol. The SMILES string of the molecule is CN=C(NCc1ccc(CS(C)(=O)=O)cc1)N1CCN(c2cccs2)CC1.I. The number of sulfone groups is 1. The third-order valence-electron chi connectivity index (χ3n) is 4.51. The number of guanidine groups is 1. The lowest BCUT2D eigenvalue weighted by Gasteiger charge is -2.37. The maximum absolute atomic E-state index is 11.4. The van der Waals surface area contributed by atoms with Gasteiger partial charge < -0.3 is 15.1 Å². The number of halogens is 1. The summed E-state index contributed by atoms with van der Waals surface area (Å²) in [5.41, 5.74) is 1.92. The molecular formula is C19H27IN4O2S2. The number of nitrogens with zero attached hydrogens (tertiary/aromatic N) is 3. The van der Waals surface area contributed by atoms with E-state index in [-0.39, 0.29) is 29.7 Å². The van der Waals surface area contributed by atoms with Gasteiger partial charge in [0.15, 0.2) is 15.8 Å². The molecule has 0 saturated carbocycles. The first-order valence-electron chi connectivity index (χ1n) is 8.94. The molecule has 0 aliphatic carbocycles. The molecule has 1 aromatic carbocycles. The highest BCUT2D eigenvalue weighted by molar-refractivity contribution is 14.0. The van der Waals surface area contributed by atoms with Crippen molar-refractivity contribution in [3.8, 4) is 0 Å². The number of piperazine rings is 1. The maximum Gasteiger partial charge on any atom is 0.194 e. The van der Waals surface area contributed by atoms with Crippen LogP contribution in [-0.2, 0) is 22.1 Å². The smallest absolute Gasteiger partial charge is 0.194 e. The minimum Gasteiger partial charge on any atom is -0.360 e. The number of nitrogens with one attached hydrogen (secondary N) is 1. The first kappa shape index (κ1) is 23.0. The van der Waals surface area contributed by atoms with Crippen molar-refractivity contribution in [2.75, 3.05) is 44.4 Å². The van der Waals surface area contributed by atoms with Gasteiger partial charge in [-0.05, 0) is 28.6 Å². The van der Waals surface area contributed by atoms with Crippen LogP contribution in [0.1, 0.15) is 11.1 Å². The number of hydrogen-bond acceptors (Lipinski definition) is 5. The fourth-order valence-electron chi connectivity index (χ4n) is 3.16. The Morgan fingerprint density at radius 3 is 2.29 bits per heavy atom. The molecule has 2 heterocycles. The number of hydrogen-bond donors (Lipinski definition) is 1. The Kier molecular flexibility index (Phi) is 8.56. The molecule has 6 nitrogen and oxygen atoms in total. The fraction of sp³-hybridized carbons (Fsp3) is 0.421. The molecule has 9 heteroatoms. The summed E-state index contributed by atoms with van der Waals surface area (Å²) < 4.78 is 22.8. The standard InChI is InChI=1S/C19H26N4O2S2.HI/c1-20-19(23-11-9-22(10-12-23)18-4-3-13-26-18)21-14-16-5-7-17(8-6-16)15-27(2,24)25;/h3-8,13H,9-12,14-15H2,1-2H3,(H,20,21);1H. The first-order chi connectivity index (χ1) is 12.9. The Morgan fingerprint density at radius 1 is 1.11 bits per heavy atom. The lowest BCUT2D eigenvalue weighted by molar-refractivity contribution is 0.373. The van der Waals surface area contributed by atoms with E-state index in [1.54, 1.807) is 11.3 Å². The monoisotopic (exact) mass is 534 g/mol. The van der Waals surface area contributed by atoms with Crippen molar-refractivity contribution in [2.45, 2.75) is 12.3 Å². The number of anilines is 1. The van der Waals surface area contributed by atoms with Crippen LogP contribution in [0.2, 0.25) is 0 Å². The van der Waals surface area contributed by atoms with E-state index >= 15 is 0 Å². The molecule has 0 amide bonds. The van der Waals surface area contributed by atoms with Gasteiger partial charge >= 0.3 is 0 Å². The highest BCUT2D eigenvalue weighted by Gasteiger charge is 2.20. The number of rotatable bonds is 5. The molecule has 2 aromatic rings. The number of benzene rings is 1. The van der Waals surface area contributed by atoms with E-state index in [1.165, 1.54) is 11.3 Å². The molecule has 0 bridgehead atoms. The number of thiophene rings is 1. The van der Waals surface area contributed by atoms with Gasteiger partial charge in [0.05, 0.1) is 10.8 Å². The second kappa shape index (κ2) is 10.4. The second-order valence-electron chi connectivity index (χ2n) is 6.71. The van der Waals surface area contributed by atoms with Gasteiger partial charge in [-0.2, -0.15) is 0 Å². The van der Waals surface area contributed by atoms with Crippen molar-refractivity contribution in [3.05, 3.63) is 52.9 Å². The summed E-state index contributed by atoms with van der Waals surface area (Å²) in [7, 11) is -1.19. The molecule has 0 atom stereocenters. The molecule has 1 aromatic heterocycles. The molecule has 28 heavy (non-hydrogen) atoms. The predicted molar refractivity (Wildman–Crippen MR) is 129 cm³/mol. The summed E-state index contributed by atoms with van der Waals surface area (Å²) in [4.78, 5) is 9.11. The van der Waals surface area contributed by atoms with Crippen LogP contribution in [0.3, 0.4) is 0 Å². The summed E-state index contributed by atoms with van der Waals surface area (Å²) in [5, 5.41) is 6.85. The van der Waals surface area contributed by atoms with Crippen molar-refractivity contribution < 1.29 is 8.42 Å². The molecule has 0 radical (unpaired) electrons. The number of aliphatic imine (C=N–C) groups is 1. The zero-order valence-electron chi connectivity index (χ0n) is 16.2. The van der Waals surface area contributed by atoms with E-state index in [0.717, 1.165) is 43.3 Å². The van der Waals surface area contributed by atoms with E-state index in [0.29, 0.717) is 6.54 Å². The Bertz CT molecular complexity index is 860. The average Bonchev–Trinajstić information content (AvgIpc) is 3.17. The minimum atomic E-state index is -3.00. The van der Waals surface area contributed by atoms with Crippen molar-refractivity contribution >= 4 is 56.1 Å². The topological polar surface area (TPSA) is 65.0 Å². The summed E-state index contributed by atoms with van der Waals surface area (Å²) in [6, 6.07) is 11.9. The zero-order valence-corrected chi connectivity index (χ0v) is 20.1. The van der Waals surface area contributed by atoms with Crippen LogP contribution in [-0.4, -0.2) is 58.8 Å². The van der Waals surface area contributed by atoms with Gasteiger partial charge in [-0.15, -0.1) is 35.3 Å². The van der Waals surface area contributed by atoms with E-state index in [1.807, 2.05) is 31.3 Å². The fourth-order valence-corrected chi connectivity index (χ4v) is 4.74. The third-order valence-corrected chi connectivity index (χ3v) is 6.30. The normalized spacial score (nSPS) is 15.3. The Labute approximate surface area is 188 Å². The van der Waals surface area contributed by atoms with Crippen LogP contribution in [0.5, 0.6) is 0 Å². The molecule has 0 spiro atoms. The predicted octanol–water partition coefficient (Wildman–Crippen LogP) is 2.81. The molecule has 1 aliphatic rings. The van der Waals surface area contributed by atoms with Crippen molar-refractivity contribution in [1.82, 2.24) is 10.2 Å². The summed E-state index contributed by atoms with van der Waals surface area (Å²) in [6.07, 6.45) is 1.25. The van der Waals surface area contributed by atoms with E-state index in [4.69, 9.17) is 0 Å². The quantitative estimate of drug-likeness (QED) is 0.363. The Morgan fingerprint density at radius 2 is 1.75 bits per heavy atom. The molecule has 1 aliphatic heterocycles. The van der Waals surface area contributed by atoms with Crippen molar-refractivity contribution in [3.63, 3.8) is 0 Å². The highest BCUT2D eigenvalue weighted by Crippen LogP contribution is 2.22. The van der Waals surface area contributed by atoms with Crippen LogP contribution in [0.4, 0.5) is 5.00 Å². The van der Waals surface area contributed by atoms with Crippen LogP contribution >= 0.6 is 35.3 Å². The van der Waals surface area contributed by atoms with Crippen LogP contribution in [0, 0.1) is 0 Å². The van der Waals surface area contributed by atoms with Crippen molar-refractivity contribution in [2.24, 2.45) is 4.99 Å². The maximum atomic E-state index is 11.4. The van der Waals surface area contributed by atoms with Crippen molar-refractivity contribution in [1.29, 1.82) is 0 Å². The second-order valence-corrected chi connectivity index (χ2v) is 9.78. The molecule has 1 fully saturated rings. The largest absolute Gasteiger partial charge is 0.360 e. The zero-order chi connectivity index (χ0) is 19.3. The molecular weight excluding hydrogens is 507 g/mol. The van der Waals surface area contributed by atoms with Gasteiger partial charge in [0.25, 0.3) is 0 Å². The van der Waals surface area contributed by atoms with Gasteiger partial charge in [-0.1, -0.05) is 24.3 Å². The summed E-state index contributed by atoms with van der Waals surface area (Å²) >= 11 is 1.78. The highest BCUT2D eigenvalue weighted by atomic mass is 127. The van der Waals surface area contributed by atoms with E-state index in [9.17, 15) is 8.42 Å². The van der Waals surface area contributed by atoms with Crippen LogP contribution < -0.4 is 10.2 Å². The Balaban J connectivity index is 0.00000280. The van der Waals surface area contributed by atoms with E-state index < -0.39 is 9.84 Å². The van der Waals surface area contributed by atoms with Gasteiger partial charge in [-0.3, -0.25) is 4.99 Å². The van der Waals surface area contributed by atoms with Gasteiger partial charge in [0, 0.05) is 46.0 Å². The Hall–Kier alpha value is -1.33. The molecule has 1 saturated heterocycles. The van der Waals surface area contributed by atoms with Gasteiger partial charge in [0.1, 0.15) is 0 Å². The molecule has 1 N–H and O–H groups in total. The van der Waals surface area contributed by atoms with Gasteiger partial charge in [0.2, 0.25) is 0 Å². The summed E-state index contributed by atoms with van der Waals surface area (Å²) in [6.45, 7) is 4.51. The molecule has 154 valence electrons. The first-order valence-corrected chi connectivity index (χ1v) is 11.9.